The highest BCUT2D eigenvalue weighted by molar-refractivity contribution is 5.86. The van der Waals surface area contributed by atoms with Crippen molar-refractivity contribution in [3.63, 3.8) is 0 Å². The minimum Gasteiger partial charge on any atom is -0.460 e. The molecule has 0 aromatic heterocycles. The summed E-state index contributed by atoms with van der Waals surface area (Å²) in [6.07, 6.45) is 0.616. The molecule has 0 radical (unpaired) electrons. The van der Waals surface area contributed by atoms with Crippen LogP contribution >= 0.6 is 0 Å². The summed E-state index contributed by atoms with van der Waals surface area (Å²) in [6, 6.07) is 0. The van der Waals surface area contributed by atoms with Crippen molar-refractivity contribution < 1.29 is 38.3 Å². The molecule has 1 unspecified atom stereocenters. The van der Waals surface area contributed by atoms with Gasteiger partial charge in [0.1, 0.15) is 12.2 Å². The van der Waals surface area contributed by atoms with Gasteiger partial charge in [0.2, 0.25) is 0 Å². The van der Waals surface area contributed by atoms with Gasteiger partial charge in [-0.2, -0.15) is 4.89 Å². The first kappa shape index (κ1) is 19.4. The summed E-state index contributed by atoms with van der Waals surface area (Å²) >= 11 is 0. The first-order valence-electron chi connectivity index (χ1n) is 7.39. The number of hydrogen-bond donors (Lipinski definition) is 0. The molecule has 1 aliphatic rings. The fourth-order valence-corrected chi connectivity index (χ4v) is 1.78. The Morgan fingerprint density at radius 1 is 1.30 bits per heavy atom. The molecule has 1 aliphatic heterocycles. The van der Waals surface area contributed by atoms with Crippen LogP contribution < -0.4 is 0 Å². The lowest BCUT2D eigenvalue weighted by Gasteiger charge is -2.37. The standard InChI is InChI=1S/C15H24O8/c1-6-7-14(4,5)21-13(17)22-15(10-20-23-15)19-9-8-18-12(16)11(2)3/h2,6-10H2,1,3-5H3. The van der Waals surface area contributed by atoms with E-state index in [1.54, 1.807) is 13.8 Å². The molecule has 8 nitrogen and oxygen atoms in total. The van der Waals surface area contributed by atoms with E-state index in [0.717, 1.165) is 6.42 Å². The van der Waals surface area contributed by atoms with Crippen molar-refractivity contribution in [2.24, 2.45) is 0 Å². The average molecular weight is 332 g/mol. The lowest BCUT2D eigenvalue weighted by molar-refractivity contribution is -0.597. The molecule has 0 aliphatic carbocycles. The van der Waals surface area contributed by atoms with Crippen LogP contribution in [0.25, 0.3) is 0 Å². The number of carbonyl (C=O) groups excluding carboxylic acids is 2. The van der Waals surface area contributed by atoms with Crippen molar-refractivity contribution in [3.05, 3.63) is 12.2 Å². The predicted molar refractivity (Wildman–Crippen MR) is 78.0 cm³/mol. The summed E-state index contributed by atoms with van der Waals surface area (Å²) in [5, 5.41) is 0. The molecule has 1 fully saturated rings. The van der Waals surface area contributed by atoms with E-state index < -0.39 is 23.7 Å². The first-order valence-corrected chi connectivity index (χ1v) is 7.39. The van der Waals surface area contributed by atoms with E-state index in [0.29, 0.717) is 6.42 Å². The van der Waals surface area contributed by atoms with Crippen LogP contribution in [0.1, 0.15) is 40.5 Å². The third-order valence-corrected chi connectivity index (χ3v) is 2.86. The predicted octanol–water partition coefficient (Wildman–Crippen LogP) is 2.47. The lowest BCUT2D eigenvalue weighted by atomic mass is 10.0. The van der Waals surface area contributed by atoms with Crippen molar-refractivity contribution in [3.8, 4) is 0 Å². The average Bonchev–Trinajstić information content (AvgIpc) is 2.38. The number of rotatable bonds is 9. The van der Waals surface area contributed by atoms with Crippen molar-refractivity contribution >= 4 is 12.1 Å². The second-order valence-electron chi connectivity index (χ2n) is 5.76. The molecule has 1 saturated heterocycles. The van der Waals surface area contributed by atoms with Crippen LogP contribution in [0, 0.1) is 0 Å². The molecular formula is C15H24O8. The van der Waals surface area contributed by atoms with Crippen molar-refractivity contribution in [2.75, 3.05) is 19.8 Å². The van der Waals surface area contributed by atoms with Gasteiger partial charge in [-0.05, 0) is 27.2 Å². The van der Waals surface area contributed by atoms with Crippen LogP contribution in [-0.2, 0) is 33.5 Å². The smallest absolute Gasteiger partial charge is 0.460 e. The van der Waals surface area contributed by atoms with E-state index in [9.17, 15) is 9.59 Å². The van der Waals surface area contributed by atoms with E-state index in [1.807, 2.05) is 6.92 Å². The van der Waals surface area contributed by atoms with Gasteiger partial charge in [-0.3, -0.25) is 0 Å². The SMILES string of the molecule is C=C(C)C(=O)OCCOC1(OC(=O)OC(C)(C)CCC)COO1. The van der Waals surface area contributed by atoms with Gasteiger partial charge < -0.3 is 18.9 Å². The van der Waals surface area contributed by atoms with Gasteiger partial charge >= 0.3 is 18.1 Å². The lowest BCUT2D eigenvalue weighted by Crippen LogP contribution is -2.54. The molecule has 1 rings (SSSR count). The Morgan fingerprint density at radius 3 is 2.43 bits per heavy atom. The zero-order valence-electron chi connectivity index (χ0n) is 14.0. The summed E-state index contributed by atoms with van der Waals surface area (Å²) < 4.78 is 20.4. The zero-order chi connectivity index (χ0) is 17.5. The van der Waals surface area contributed by atoms with Crippen molar-refractivity contribution in [2.45, 2.75) is 52.1 Å². The van der Waals surface area contributed by atoms with Crippen molar-refractivity contribution in [1.82, 2.24) is 0 Å². The normalized spacial score (nSPS) is 20.3. The minimum atomic E-state index is -1.67. The Morgan fingerprint density at radius 2 is 1.96 bits per heavy atom. The second kappa shape index (κ2) is 8.28. The van der Waals surface area contributed by atoms with Crippen molar-refractivity contribution in [1.29, 1.82) is 0 Å². The number of hydrogen-bond acceptors (Lipinski definition) is 8. The molecule has 0 N–H and O–H groups in total. The van der Waals surface area contributed by atoms with Crippen LogP contribution in [0.2, 0.25) is 0 Å². The molecular weight excluding hydrogens is 308 g/mol. The maximum Gasteiger partial charge on any atom is 0.513 e. The summed E-state index contributed by atoms with van der Waals surface area (Å²) in [6.45, 7) is 10.3. The Labute approximate surface area is 135 Å². The summed E-state index contributed by atoms with van der Waals surface area (Å²) in [5.41, 5.74) is -0.379. The first-order chi connectivity index (χ1) is 10.7. The van der Waals surface area contributed by atoms with Gasteiger partial charge in [0, 0.05) is 5.57 Å². The Hall–Kier alpha value is -1.64. The van der Waals surface area contributed by atoms with Crippen LogP contribution in [0.4, 0.5) is 4.79 Å². The van der Waals surface area contributed by atoms with Crippen LogP contribution in [0.3, 0.4) is 0 Å². The minimum absolute atomic E-state index is 0.0451. The van der Waals surface area contributed by atoms with E-state index in [-0.39, 0.29) is 25.4 Å². The van der Waals surface area contributed by atoms with E-state index >= 15 is 0 Å². The van der Waals surface area contributed by atoms with Crippen LogP contribution in [0.5, 0.6) is 0 Å². The summed E-state index contributed by atoms with van der Waals surface area (Å²) in [4.78, 5) is 32.3. The molecule has 0 aromatic rings. The highest BCUT2D eigenvalue weighted by Gasteiger charge is 2.49. The molecule has 132 valence electrons. The van der Waals surface area contributed by atoms with Crippen LogP contribution in [0.15, 0.2) is 12.2 Å². The Bertz CT molecular complexity index is 439. The number of carbonyl (C=O) groups is 2. The van der Waals surface area contributed by atoms with Gasteiger partial charge in [-0.15, -0.1) is 0 Å². The third-order valence-electron chi connectivity index (χ3n) is 2.86. The maximum atomic E-state index is 11.8. The molecule has 8 heteroatoms. The Kier molecular flexibility index (Phi) is 6.99. The molecule has 0 bridgehead atoms. The fourth-order valence-electron chi connectivity index (χ4n) is 1.78. The van der Waals surface area contributed by atoms with Gasteiger partial charge in [0.05, 0.1) is 6.61 Å². The third kappa shape index (κ3) is 6.55. The highest BCUT2D eigenvalue weighted by atomic mass is 17.3. The van der Waals surface area contributed by atoms with E-state index in [2.05, 4.69) is 11.5 Å². The summed E-state index contributed by atoms with van der Waals surface area (Å²) in [7, 11) is 0. The second-order valence-corrected chi connectivity index (χ2v) is 5.76. The van der Waals surface area contributed by atoms with E-state index in [1.165, 1.54) is 6.92 Å². The van der Waals surface area contributed by atoms with Gasteiger partial charge in [-0.25, -0.2) is 14.5 Å². The molecule has 1 atom stereocenters. The van der Waals surface area contributed by atoms with Gasteiger partial charge in [0.25, 0.3) is 0 Å². The topological polar surface area (TPSA) is 89.5 Å². The Balaban J connectivity index is 2.38. The number of ether oxygens (including phenoxy) is 4. The van der Waals surface area contributed by atoms with Gasteiger partial charge in [0.15, 0.2) is 6.61 Å². The number of esters is 1. The fraction of sp³-hybridized carbons (Fsp3) is 0.733. The van der Waals surface area contributed by atoms with Gasteiger partial charge in [-0.1, -0.05) is 19.9 Å². The molecule has 1 heterocycles. The van der Waals surface area contributed by atoms with E-state index in [4.69, 9.17) is 23.8 Å². The van der Waals surface area contributed by atoms with Crippen LogP contribution in [-0.4, -0.2) is 43.5 Å². The molecule has 0 amide bonds. The maximum absolute atomic E-state index is 11.8. The molecule has 0 saturated carbocycles. The molecule has 0 aromatic carbocycles. The highest BCUT2D eigenvalue weighted by Crippen LogP contribution is 2.27. The molecule has 23 heavy (non-hydrogen) atoms. The summed E-state index contributed by atoms with van der Waals surface area (Å²) in [5.74, 6) is -2.20. The quantitative estimate of drug-likeness (QED) is 0.209. The molecule has 0 spiro atoms. The monoisotopic (exact) mass is 332 g/mol. The largest absolute Gasteiger partial charge is 0.513 e. The zero-order valence-corrected chi connectivity index (χ0v) is 14.0.